The van der Waals surface area contributed by atoms with E-state index in [4.69, 9.17) is 10.00 Å². The van der Waals surface area contributed by atoms with E-state index < -0.39 is 0 Å². The minimum atomic E-state index is 0.353. The molecular formula is C15H10N4O2. The molecule has 102 valence electrons. The average Bonchev–Trinajstić information content (AvgIpc) is 2.98. The van der Waals surface area contributed by atoms with Crippen LogP contribution in [0.3, 0.4) is 0 Å². The predicted octanol–water partition coefficient (Wildman–Crippen LogP) is 2.11. The Morgan fingerprint density at radius 1 is 1.38 bits per heavy atom. The molecule has 2 aromatic heterocycles. The lowest BCUT2D eigenvalue weighted by atomic mass is 10.1. The largest absolute Gasteiger partial charge is 0.495 e. The topological polar surface area (TPSA) is 80.8 Å². The van der Waals surface area contributed by atoms with Gasteiger partial charge in [-0.1, -0.05) is 12.1 Å². The Morgan fingerprint density at radius 3 is 2.95 bits per heavy atom. The molecule has 0 N–H and O–H groups in total. The molecule has 2 heterocycles. The smallest absolute Gasteiger partial charge is 0.157 e. The predicted molar refractivity (Wildman–Crippen MR) is 75.5 cm³/mol. The lowest BCUT2D eigenvalue weighted by Crippen LogP contribution is -2.01. The number of rotatable bonds is 3. The zero-order valence-electron chi connectivity index (χ0n) is 11.1. The zero-order valence-corrected chi connectivity index (χ0v) is 11.1. The number of carbonyl (C=O) groups is 1. The number of nitrogens with zero attached hydrogens (tertiary/aromatic N) is 4. The third kappa shape index (κ3) is 2.01. The van der Waals surface area contributed by atoms with Gasteiger partial charge in [0.2, 0.25) is 0 Å². The molecule has 6 nitrogen and oxygen atoms in total. The van der Waals surface area contributed by atoms with Gasteiger partial charge in [-0.25, -0.2) is 9.67 Å². The van der Waals surface area contributed by atoms with E-state index in [-0.39, 0.29) is 0 Å². The fourth-order valence-corrected chi connectivity index (χ4v) is 2.15. The van der Waals surface area contributed by atoms with Crippen LogP contribution in [0.25, 0.3) is 16.7 Å². The summed E-state index contributed by atoms with van der Waals surface area (Å²) in [4.78, 5) is 15.3. The van der Waals surface area contributed by atoms with E-state index in [0.29, 0.717) is 22.7 Å². The first kappa shape index (κ1) is 12.8. The molecule has 0 amide bonds. The van der Waals surface area contributed by atoms with Gasteiger partial charge in [0.05, 0.1) is 25.0 Å². The Morgan fingerprint density at radius 2 is 2.24 bits per heavy atom. The van der Waals surface area contributed by atoms with E-state index in [1.165, 1.54) is 13.3 Å². The summed E-state index contributed by atoms with van der Waals surface area (Å²) in [6.07, 6.45) is 3.85. The molecule has 6 heteroatoms. The first-order chi connectivity index (χ1) is 10.3. The molecular weight excluding hydrogens is 268 g/mol. The molecule has 3 rings (SSSR count). The van der Waals surface area contributed by atoms with Gasteiger partial charge in [-0.05, 0) is 6.07 Å². The van der Waals surface area contributed by atoms with E-state index in [9.17, 15) is 4.79 Å². The van der Waals surface area contributed by atoms with Crippen LogP contribution in [0, 0.1) is 11.3 Å². The number of fused-ring (bicyclic) bond motifs is 1. The first-order valence-electron chi connectivity index (χ1n) is 6.15. The molecule has 3 aromatic rings. The molecule has 0 atom stereocenters. The van der Waals surface area contributed by atoms with Crippen molar-refractivity contribution in [2.24, 2.45) is 0 Å². The number of benzene rings is 1. The number of aromatic nitrogens is 3. The van der Waals surface area contributed by atoms with Crippen LogP contribution in [0.2, 0.25) is 0 Å². The molecule has 0 fully saturated rings. The highest BCUT2D eigenvalue weighted by Crippen LogP contribution is 2.23. The third-order valence-electron chi connectivity index (χ3n) is 3.18. The van der Waals surface area contributed by atoms with Crippen molar-refractivity contribution in [2.75, 3.05) is 7.11 Å². The lowest BCUT2D eigenvalue weighted by Gasteiger charge is -2.06. The number of carbonyl (C=O) groups excluding carboxylic acids is 1. The number of hydrogen-bond donors (Lipinski definition) is 0. The van der Waals surface area contributed by atoms with E-state index in [2.05, 4.69) is 10.1 Å². The minimum Gasteiger partial charge on any atom is -0.495 e. The highest BCUT2D eigenvalue weighted by molar-refractivity contribution is 5.96. The van der Waals surface area contributed by atoms with Crippen LogP contribution in [0.4, 0.5) is 0 Å². The molecule has 0 aliphatic heterocycles. The van der Waals surface area contributed by atoms with Gasteiger partial charge in [-0.3, -0.25) is 4.79 Å². The summed E-state index contributed by atoms with van der Waals surface area (Å²) in [5, 5.41) is 14.0. The Balaban J connectivity index is 2.22. The van der Waals surface area contributed by atoms with Crippen LogP contribution in [-0.4, -0.2) is 28.2 Å². The summed E-state index contributed by atoms with van der Waals surface area (Å²) >= 11 is 0. The molecule has 0 saturated heterocycles. The van der Waals surface area contributed by atoms with E-state index in [0.717, 1.165) is 17.2 Å². The second-order valence-corrected chi connectivity index (χ2v) is 4.31. The normalized spacial score (nSPS) is 10.3. The summed E-state index contributed by atoms with van der Waals surface area (Å²) < 4.78 is 6.78. The Bertz CT molecular complexity index is 877. The van der Waals surface area contributed by atoms with Crippen LogP contribution in [0.1, 0.15) is 15.9 Å². The van der Waals surface area contributed by atoms with Gasteiger partial charge in [0, 0.05) is 17.0 Å². The van der Waals surface area contributed by atoms with Crippen molar-refractivity contribution in [1.29, 1.82) is 5.26 Å². The summed E-state index contributed by atoms with van der Waals surface area (Å²) in [5.41, 5.74) is 1.68. The average molecular weight is 278 g/mol. The van der Waals surface area contributed by atoms with Crippen molar-refractivity contribution in [2.45, 2.75) is 0 Å². The molecule has 0 aliphatic carbocycles. The zero-order chi connectivity index (χ0) is 14.8. The molecule has 0 unspecified atom stereocenters. The molecule has 0 spiro atoms. The van der Waals surface area contributed by atoms with Gasteiger partial charge in [0.15, 0.2) is 12.1 Å². The lowest BCUT2D eigenvalue weighted by molar-refractivity contribution is 0.112. The van der Waals surface area contributed by atoms with E-state index in [1.807, 2.05) is 12.1 Å². The number of methoxy groups -OCH3 is 1. The maximum Gasteiger partial charge on any atom is 0.157 e. The molecule has 0 aliphatic rings. The number of hydrogen-bond acceptors (Lipinski definition) is 5. The van der Waals surface area contributed by atoms with E-state index in [1.54, 1.807) is 29.1 Å². The van der Waals surface area contributed by atoms with Gasteiger partial charge in [0.25, 0.3) is 0 Å². The fraction of sp³-hybridized carbons (Fsp3) is 0.0667. The van der Waals surface area contributed by atoms with Gasteiger partial charge in [0.1, 0.15) is 17.4 Å². The highest BCUT2D eigenvalue weighted by Gasteiger charge is 2.11. The van der Waals surface area contributed by atoms with Gasteiger partial charge >= 0.3 is 0 Å². The summed E-state index contributed by atoms with van der Waals surface area (Å²) in [6.45, 7) is 0. The summed E-state index contributed by atoms with van der Waals surface area (Å²) in [7, 11) is 1.49. The number of aldehydes is 1. The van der Waals surface area contributed by atoms with Gasteiger partial charge in [-0.2, -0.15) is 10.4 Å². The second-order valence-electron chi connectivity index (χ2n) is 4.31. The van der Waals surface area contributed by atoms with Crippen LogP contribution in [-0.2, 0) is 0 Å². The van der Waals surface area contributed by atoms with E-state index >= 15 is 0 Å². The minimum absolute atomic E-state index is 0.353. The number of nitriles is 1. The maximum atomic E-state index is 11.0. The third-order valence-corrected chi connectivity index (χ3v) is 3.18. The number of ether oxygens (including phenoxy) is 1. The molecule has 21 heavy (non-hydrogen) atoms. The molecule has 0 saturated carbocycles. The van der Waals surface area contributed by atoms with Crippen molar-refractivity contribution in [1.82, 2.24) is 14.8 Å². The van der Waals surface area contributed by atoms with Gasteiger partial charge < -0.3 is 4.74 Å². The van der Waals surface area contributed by atoms with Crippen molar-refractivity contribution in [3.8, 4) is 17.6 Å². The highest BCUT2D eigenvalue weighted by atomic mass is 16.5. The van der Waals surface area contributed by atoms with Gasteiger partial charge in [-0.15, -0.1) is 0 Å². The second kappa shape index (κ2) is 5.06. The van der Waals surface area contributed by atoms with Crippen molar-refractivity contribution < 1.29 is 9.53 Å². The first-order valence-corrected chi connectivity index (χ1v) is 6.15. The Kier molecular flexibility index (Phi) is 3.09. The van der Waals surface area contributed by atoms with Crippen LogP contribution < -0.4 is 4.74 Å². The monoisotopic (exact) mass is 278 g/mol. The Labute approximate surface area is 120 Å². The van der Waals surface area contributed by atoms with Crippen molar-refractivity contribution in [3.05, 3.63) is 47.8 Å². The van der Waals surface area contributed by atoms with Crippen LogP contribution >= 0.6 is 0 Å². The summed E-state index contributed by atoms with van der Waals surface area (Å²) in [6, 6.07) is 9.01. The van der Waals surface area contributed by atoms with Crippen molar-refractivity contribution >= 4 is 17.2 Å². The molecule has 1 aromatic carbocycles. The fourth-order valence-electron chi connectivity index (χ4n) is 2.15. The quantitative estimate of drug-likeness (QED) is 0.685. The van der Waals surface area contributed by atoms with Crippen LogP contribution in [0.5, 0.6) is 5.75 Å². The SMILES string of the molecule is COc1cc(-n2ncc3c(C=O)cccc32)ncc1C#N. The molecule has 0 bridgehead atoms. The summed E-state index contributed by atoms with van der Waals surface area (Å²) in [5.74, 6) is 0.946. The number of pyridine rings is 1. The Hall–Kier alpha value is -3.20. The standard InChI is InChI=1S/C15H10N4O2/c1-21-14-5-15(17-7-11(14)6-16)19-13-4-2-3-10(9-20)12(13)8-18-19/h2-5,7-9H,1H3. The maximum absolute atomic E-state index is 11.0. The van der Waals surface area contributed by atoms with Crippen LogP contribution in [0.15, 0.2) is 36.7 Å². The molecule has 0 radical (unpaired) electrons. The van der Waals surface area contributed by atoms with Crippen molar-refractivity contribution in [3.63, 3.8) is 0 Å².